The lowest BCUT2D eigenvalue weighted by Gasteiger charge is -2.11. The second-order valence-electron chi connectivity index (χ2n) is 13.6. The molecule has 2 aromatic carbocycles. The van der Waals surface area contributed by atoms with Crippen LogP contribution in [0.25, 0.3) is 28.0 Å². The molecule has 14 nitrogen and oxygen atoms in total. The third-order valence-corrected chi connectivity index (χ3v) is 9.46. The molecule has 0 amide bonds. The quantitative estimate of drug-likeness (QED) is 0.0808. The van der Waals surface area contributed by atoms with Crippen LogP contribution < -0.4 is 44.8 Å². The van der Waals surface area contributed by atoms with Crippen molar-refractivity contribution in [3.8, 4) is 22.4 Å². The number of Topliss-reactive ketones (excluding diaryl/α,β-unsaturated/α-hetero) is 1. The largest absolute Gasteiger partial charge is 1.00 e. The number of nitrogens with one attached hydrogen (secondary N) is 4. The average molecular weight is 873 g/mol. The number of allylic oxidation sites excluding steroid dienone is 1. The van der Waals surface area contributed by atoms with Gasteiger partial charge in [0.2, 0.25) is 5.95 Å². The maximum atomic E-state index is 12.7. The van der Waals surface area contributed by atoms with Crippen molar-refractivity contribution < 1.29 is 22.2 Å². The van der Waals surface area contributed by atoms with Crippen molar-refractivity contribution in [2.24, 2.45) is 11.5 Å². The number of anilines is 5. The highest BCUT2D eigenvalue weighted by molar-refractivity contribution is 6.32. The Balaban J connectivity index is 0.000000165. The van der Waals surface area contributed by atoms with Crippen LogP contribution in [0.15, 0.2) is 135 Å². The van der Waals surface area contributed by atoms with Gasteiger partial charge in [-0.3, -0.25) is 31.2 Å². The summed E-state index contributed by atoms with van der Waals surface area (Å²) < 4.78 is 0. The number of halogens is 3. The fourth-order valence-electron chi connectivity index (χ4n) is 6.30. The molecule has 0 unspecified atom stereocenters. The number of nitrogens with zero attached hydrogens (tertiary/aromatic N) is 7. The first kappa shape index (κ1) is 43.4. The van der Waals surface area contributed by atoms with E-state index in [1.807, 2.05) is 104 Å². The number of carbonyl (C=O) groups is 1. The van der Waals surface area contributed by atoms with Gasteiger partial charge in [0, 0.05) is 95.7 Å². The van der Waals surface area contributed by atoms with Crippen molar-refractivity contribution in [3.05, 3.63) is 167 Å². The molecule has 7 heterocycles. The Bertz CT molecular complexity index is 2720. The monoisotopic (exact) mass is 871 g/mol. The van der Waals surface area contributed by atoms with E-state index in [9.17, 15) is 4.79 Å². The Hall–Kier alpha value is -7.13. The van der Waals surface area contributed by atoms with Crippen molar-refractivity contribution in [2.45, 2.75) is 13.1 Å². The average Bonchev–Trinajstić information content (AvgIpc) is 3.46. The number of carbonyl (C=O) groups excluding carboxylic acids is 1. The van der Waals surface area contributed by atoms with Gasteiger partial charge in [-0.15, -0.1) is 0 Å². The Kier molecular flexibility index (Phi) is 14.4. The summed E-state index contributed by atoms with van der Waals surface area (Å²) in [5, 5.41) is 11.2. The van der Waals surface area contributed by atoms with Gasteiger partial charge >= 0.3 is 5.96 Å². The van der Waals surface area contributed by atoms with Crippen LogP contribution in [0.2, 0.25) is 10.0 Å². The number of nitrogens with two attached hydrogens (primary N) is 2. The van der Waals surface area contributed by atoms with Crippen molar-refractivity contribution in [2.75, 3.05) is 30.0 Å². The van der Waals surface area contributed by atoms with E-state index in [4.69, 9.17) is 39.7 Å². The standard InChI is InChI=1S/C21H15ClN6.C15H14N4O.C8H10ClN3.ClH/c22-14-4-1-3-13(9-14)10-25-21-26-11-17-15-6-8-23-12-18(15)27-20-16(19(17)28-21)5-2-7-24-20;1-19(2)9-12-10-5-7-16-8-13(10)18-15-11(14(12)20)4-3-6-17-15;9-7-3-1-2-6(4-7)5-12-8(10)11;/h1-9,11-12H,10H2,(H,24,27)(H,25,26,28);3-9H,1-2H3,(H,17,18);1-4H,5H2,(H4,10,11,12);1H/b;12-9+;;. The lowest BCUT2D eigenvalue weighted by atomic mass is 9.99. The highest BCUT2D eigenvalue weighted by atomic mass is 35.5. The topological polar surface area (TPSA) is 200 Å². The minimum atomic E-state index is -0.0424. The number of aromatic nitrogens is 6. The summed E-state index contributed by atoms with van der Waals surface area (Å²) in [7, 11) is 3.78. The van der Waals surface area contributed by atoms with E-state index in [-0.39, 0.29) is 24.1 Å². The Morgan fingerprint density at radius 1 is 0.721 bits per heavy atom. The first-order chi connectivity index (χ1) is 29.1. The molecule has 5 aromatic heterocycles. The number of hydrogen-bond donors (Lipinski definition) is 6. The summed E-state index contributed by atoms with van der Waals surface area (Å²) in [5.74, 6) is 2.03. The van der Waals surface area contributed by atoms with Gasteiger partial charge in [-0.1, -0.05) is 47.5 Å². The minimum Gasteiger partial charge on any atom is -1.00 e. The third-order valence-electron chi connectivity index (χ3n) is 8.99. The predicted octanol–water partition coefficient (Wildman–Crippen LogP) is 3.44. The van der Waals surface area contributed by atoms with Crippen LogP contribution in [0.4, 0.5) is 29.0 Å². The summed E-state index contributed by atoms with van der Waals surface area (Å²) in [6, 6.07) is 26.5. The first-order valence-electron chi connectivity index (χ1n) is 18.6. The molecule has 0 aliphatic carbocycles. The maximum Gasteiger partial charge on any atom is 0.339 e. The van der Waals surface area contributed by atoms with E-state index >= 15 is 0 Å². The van der Waals surface area contributed by atoms with Crippen molar-refractivity contribution in [3.63, 3.8) is 0 Å². The van der Waals surface area contributed by atoms with E-state index in [2.05, 4.69) is 45.9 Å². The summed E-state index contributed by atoms with van der Waals surface area (Å²) >= 11 is 11.8. The van der Waals surface area contributed by atoms with Gasteiger partial charge in [-0.25, -0.2) is 19.9 Å². The van der Waals surface area contributed by atoms with Crippen LogP contribution in [0.5, 0.6) is 0 Å². The summed E-state index contributed by atoms with van der Waals surface area (Å²) in [5.41, 5.74) is 19.9. The molecule has 7 aromatic rings. The smallest absolute Gasteiger partial charge is 0.339 e. The molecule has 0 bridgehead atoms. The molecule has 17 heteroatoms. The number of benzene rings is 2. The molecule has 61 heavy (non-hydrogen) atoms. The molecular weight excluding hydrogens is 833 g/mol. The molecule has 9 rings (SSSR count). The van der Waals surface area contributed by atoms with Crippen LogP contribution in [-0.2, 0) is 13.1 Å². The molecule has 0 saturated carbocycles. The van der Waals surface area contributed by atoms with Gasteiger partial charge in [0.1, 0.15) is 11.6 Å². The fourth-order valence-corrected chi connectivity index (χ4v) is 6.73. The molecule has 2 aliphatic rings. The van der Waals surface area contributed by atoms with E-state index in [1.54, 1.807) is 49.3 Å². The van der Waals surface area contributed by atoms with E-state index in [1.165, 1.54) is 0 Å². The van der Waals surface area contributed by atoms with Crippen LogP contribution in [0.3, 0.4) is 0 Å². The zero-order valence-electron chi connectivity index (χ0n) is 32.9. The Morgan fingerprint density at radius 2 is 1.33 bits per heavy atom. The van der Waals surface area contributed by atoms with E-state index in [0.29, 0.717) is 46.0 Å². The summed E-state index contributed by atoms with van der Waals surface area (Å²) in [6.45, 7) is 1.18. The number of ketones is 1. The minimum absolute atomic E-state index is 0. The molecule has 0 fully saturated rings. The number of hydrogen-bond acceptors (Lipinski definition) is 11. The van der Waals surface area contributed by atoms with Crippen molar-refractivity contribution in [1.82, 2.24) is 34.8 Å². The fraction of sp³-hybridized carbons (Fsp3) is 0.0909. The molecule has 0 saturated heterocycles. The van der Waals surface area contributed by atoms with Gasteiger partial charge in [0.25, 0.3) is 0 Å². The van der Waals surface area contributed by atoms with Crippen molar-refractivity contribution in [1.29, 1.82) is 0 Å². The molecule has 0 spiro atoms. The third kappa shape index (κ3) is 10.9. The lowest BCUT2D eigenvalue weighted by Crippen LogP contribution is -3.00. The molecule has 2 aliphatic heterocycles. The SMILES string of the molecule is CN(C)/C=C1/C(=O)c2cccnc2Nc2cnccc21.Clc1cccc(CNc2ncc3c(n2)-c2cccnc2Nc2cnccc2-3)c1.NC(N)=[NH+]Cc1cccc(Cl)c1.[Cl-]. The van der Waals surface area contributed by atoms with Gasteiger partial charge in [-0.2, -0.15) is 0 Å². The lowest BCUT2D eigenvalue weighted by molar-refractivity contribution is -0.477. The van der Waals surface area contributed by atoms with Crippen LogP contribution >= 0.6 is 23.2 Å². The highest BCUT2D eigenvalue weighted by Crippen LogP contribution is 2.42. The molecule has 0 radical (unpaired) electrons. The van der Waals surface area contributed by atoms with Crippen LogP contribution in [-0.4, -0.2) is 60.6 Å². The number of rotatable bonds is 6. The summed E-state index contributed by atoms with van der Waals surface area (Å²) in [4.78, 5) is 43.8. The molecule has 8 N–H and O–H groups in total. The number of fused-ring (bicyclic) bond motifs is 7. The maximum absolute atomic E-state index is 12.7. The molecule has 308 valence electrons. The molecule has 0 atom stereocenters. The van der Waals surface area contributed by atoms with Gasteiger partial charge in [0.15, 0.2) is 5.78 Å². The van der Waals surface area contributed by atoms with Crippen LogP contribution in [0, 0.1) is 0 Å². The number of guanidine groups is 1. The van der Waals surface area contributed by atoms with Gasteiger partial charge < -0.3 is 33.3 Å². The summed E-state index contributed by atoms with van der Waals surface area (Å²) in [6.07, 6.45) is 14.0. The van der Waals surface area contributed by atoms with E-state index in [0.717, 1.165) is 56.3 Å². The highest BCUT2D eigenvalue weighted by Gasteiger charge is 2.25. The second kappa shape index (κ2) is 20.2. The normalized spacial score (nSPS) is 12.1. The molecular formula is C44H40Cl3N13O. The Labute approximate surface area is 368 Å². The van der Waals surface area contributed by atoms with E-state index < -0.39 is 0 Å². The predicted molar refractivity (Wildman–Crippen MR) is 238 cm³/mol. The van der Waals surface area contributed by atoms with Crippen molar-refractivity contribution >= 4 is 69.5 Å². The zero-order valence-corrected chi connectivity index (χ0v) is 35.2. The second-order valence-corrected chi connectivity index (χ2v) is 14.5. The number of pyridine rings is 4. The van der Waals surface area contributed by atoms with Gasteiger partial charge in [0.05, 0.1) is 41.6 Å². The Morgan fingerprint density at radius 3 is 1.98 bits per heavy atom. The van der Waals surface area contributed by atoms with Gasteiger partial charge in [-0.05, 0) is 71.8 Å². The first-order valence-corrected chi connectivity index (χ1v) is 19.4. The zero-order chi connectivity index (χ0) is 42.0. The van der Waals surface area contributed by atoms with Crippen LogP contribution in [0.1, 0.15) is 27.0 Å².